The minimum atomic E-state index is 0.00345. The molecule has 1 aliphatic rings. The monoisotopic (exact) mass is 284 g/mol. The van der Waals surface area contributed by atoms with Crippen LogP contribution in [0, 0.1) is 12.8 Å². The van der Waals surface area contributed by atoms with Crippen molar-refractivity contribution in [3.05, 3.63) is 47.8 Å². The van der Waals surface area contributed by atoms with Crippen molar-refractivity contribution in [3.8, 4) is 5.69 Å². The van der Waals surface area contributed by atoms with E-state index in [1.54, 1.807) is 0 Å². The number of benzene rings is 1. The third-order valence-corrected chi connectivity index (χ3v) is 4.01. The number of para-hydroxylation sites is 1. The lowest BCUT2D eigenvalue weighted by Crippen LogP contribution is -2.30. The Morgan fingerprint density at radius 3 is 2.81 bits per heavy atom. The quantitative estimate of drug-likeness (QED) is 0.931. The van der Waals surface area contributed by atoms with E-state index >= 15 is 0 Å². The van der Waals surface area contributed by atoms with E-state index in [4.69, 9.17) is 5.73 Å². The molecule has 1 atom stereocenters. The number of likely N-dealkylation sites (tertiary alicyclic amines) is 1. The molecule has 2 aromatic rings. The van der Waals surface area contributed by atoms with E-state index in [0.717, 1.165) is 30.9 Å². The summed E-state index contributed by atoms with van der Waals surface area (Å²) in [5.41, 5.74) is 8.12. The third-order valence-electron chi connectivity index (χ3n) is 4.01. The highest BCUT2D eigenvalue weighted by atomic mass is 16.2. The summed E-state index contributed by atoms with van der Waals surface area (Å²) in [6.07, 6.45) is 0.987. The van der Waals surface area contributed by atoms with Gasteiger partial charge in [0.2, 0.25) is 0 Å². The fraction of sp³-hybridized carbons (Fsp3) is 0.375. The van der Waals surface area contributed by atoms with Gasteiger partial charge in [-0.3, -0.25) is 4.79 Å². The molecular weight excluding hydrogens is 264 g/mol. The van der Waals surface area contributed by atoms with Crippen molar-refractivity contribution in [2.75, 3.05) is 19.6 Å². The number of nitrogens with zero attached hydrogens (tertiary/aromatic N) is 3. The van der Waals surface area contributed by atoms with Crippen LogP contribution in [-0.4, -0.2) is 40.2 Å². The van der Waals surface area contributed by atoms with Gasteiger partial charge in [0.1, 0.15) is 0 Å². The number of carbonyl (C=O) groups is 1. The van der Waals surface area contributed by atoms with Crippen LogP contribution in [0.15, 0.2) is 36.4 Å². The van der Waals surface area contributed by atoms with E-state index in [1.165, 1.54) is 0 Å². The third kappa shape index (κ3) is 2.69. The van der Waals surface area contributed by atoms with Crippen LogP contribution in [0.1, 0.15) is 22.6 Å². The summed E-state index contributed by atoms with van der Waals surface area (Å²) in [5, 5.41) is 4.47. The Bertz CT molecular complexity index is 635. The van der Waals surface area contributed by atoms with Gasteiger partial charge in [-0.25, -0.2) is 4.68 Å². The van der Waals surface area contributed by atoms with Gasteiger partial charge in [0.15, 0.2) is 5.69 Å². The summed E-state index contributed by atoms with van der Waals surface area (Å²) < 4.78 is 1.81. The highest BCUT2D eigenvalue weighted by Gasteiger charge is 2.27. The summed E-state index contributed by atoms with van der Waals surface area (Å²) in [4.78, 5) is 14.4. The van der Waals surface area contributed by atoms with Crippen LogP contribution in [0.5, 0.6) is 0 Å². The maximum atomic E-state index is 12.5. The summed E-state index contributed by atoms with van der Waals surface area (Å²) >= 11 is 0. The molecule has 1 aromatic carbocycles. The van der Waals surface area contributed by atoms with Gasteiger partial charge in [-0.2, -0.15) is 5.10 Å². The molecule has 0 unspecified atom stereocenters. The van der Waals surface area contributed by atoms with Crippen LogP contribution in [0.4, 0.5) is 0 Å². The zero-order valence-electron chi connectivity index (χ0n) is 12.2. The molecule has 0 saturated carbocycles. The molecule has 110 valence electrons. The summed E-state index contributed by atoms with van der Waals surface area (Å²) in [5.74, 6) is 0.426. The lowest BCUT2D eigenvalue weighted by Gasteiger charge is -2.14. The first kappa shape index (κ1) is 13.8. The molecular formula is C16H20N4O. The molecule has 2 N–H and O–H groups in total. The highest BCUT2D eigenvalue weighted by molar-refractivity contribution is 5.92. The van der Waals surface area contributed by atoms with E-state index in [9.17, 15) is 4.79 Å². The molecule has 1 aromatic heterocycles. The van der Waals surface area contributed by atoms with Crippen molar-refractivity contribution >= 4 is 5.91 Å². The number of rotatable bonds is 3. The largest absolute Gasteiger partial charge is 0.337 e. The number of nitrogens with two attached hydrogens (primary N) is 1. The fourth-order valence-electron chi connectivity index (χ4n) is 2.78. The Kier molecular flexibility index (Phi) is 3.75. The second kappa shape index (κ2) is 5.69. The maximum absolute atomic E-state index is 12.5. The van der Waals surface area contributed by atoms with E-state index in [0.29, 0.717) is 18.2 Å². The zero-order chi connectivity index (χ0) is 14.8. The Hall–Kier alpha value is -2.14. The lowest BCUT2D eigenvalue weighted by atomic mass is 10.1. The lowest BCUT2D eigenvalue weighted by molar-refractivity contribution is 0.0781. The van der Waals surface area contributed by atoms with Gasteiger partial charge in [-0.15, -0.1) is 0 Å². The van der Waals surface area contributed by atoms with E-state index in [1.807, 2.05) is 52.9 Å². The summed E-state index contributed by atoms with van der Waals surface area (Å²) in [7, 11) is 0. The van der Waals surface area contributed by atoms with Gasteiger partial charge in [0, 0.05) is 18.8 Å². The Labute approximate surface area is 124 Å². The predicted molar refractivity (Wildman–Crippen MR) is 81.4 cm³/mol. The molecule has 5 nitrogen and oxygen atoms in total. The number of aromatic nitrogens is 2. The van der Waals surface area contributed by atoms with Gasteiger partial charge in [-0.05, 0) is 44.0 Å². The number of carbonyl (C=O) groups excluding carboxylic acids is 1. The number of aryl methyl sites for hydroxylation is 1. The summed E-state index contributed by atoms with van der Waals surface area (Å²) in [6, 6.07) is 11.7. The smallest absolute Gasteiger partial charge is 0.274 e. The van der Waals surface area contributed by atoms with Crippen molar-refractivity contribution < 1.29 is 4.79 Å². The molecule has 0 bridgehead atoms. The van der Waals surface area contributed by atoms with Crippen molar-refractivity contribution in [2.45, 2.75) is 13.3 Å². The normalized spacial score (nSPS) is 18.2. The standard InChI is InChI=1S/C16H20N4O/c1-12-9-15(16(21)19-8-7-13(10-17)11-19)18-20(12)14-5-3-2-4-6-14/h2-6,9,13H,7-8,10-11,17H2,1H3/t13-/m0/s1. The number of hydrogen-bond donors (Lipinski definition) is 1. The van der Waals surface area contributed by atoms with Crippen molar-refractivity contribution in [2.24, 2.45) is 11.7 Å². The van der Waals surface area contributed by atoms with Crippen LogP contribution in [0.2, 0.25) is 0 Å². The van der Waals surface area contributed by atoms with Gasteiger partial charge < -0.3 is 10.6 Å². The second-order valence-corrected chi connectivity index (χ2v) is 5.56. The first-order valence-corrected chi connectivity index (χ1v) is 7.30. The van der Waals surface area contributed by atoms with Crippen LogP contribution >= 0.6 is 0 Å². The molecule has 3 rings (SSSR count). The molecule has 1 fully saturated rings. The molecule has 1 aliphatic heterocycles. The summed E-state index contributed by atoms with van der Waals surface area (Å²) in [6.45, 7) is 4.12. The van der Waals surface area contributed by atoms with Gasteiger partial charge in [0.25, 0.3) is 5.91 Å². The SMILES string of the molecule is Cc1cc(C(=O)N2CC[C@@H](CN)C2)nn1-c1ccccc1. The number of hydrogen-bond acceptors (Lipinski definition) is 3. The van der Waals surface area contributed by atoms with Crippen LogP contribution < -0.4 is 5.73 Å². The molecule has 0 aliphatic carbocycles. The van der Waals surface area contributed by atoms with Crippen molar-refractivity contribution in [1.82, 2.24) is 14.7 Å². The Balaban J connectivity index is 1.83. The second-order valence-electron chi connectivity index (χ2n) is 5.56. The topological polar surface area (TPSA) is 64.2 Å². The fourth-order valence-corrected chi connectivity index (χ4v) is 2.78. The molecule has 0 radical (unpaired) electrons. The van der Waals surface area contributed by atoms with E-state index in [2.05, 4.69) is 5.10 Å². The molecule has 1 amide bonds. The molecule has 5 heteroatoms. The van der Waals surface area contributed by atoms with Crippen molar-refractivity contribution in [3.63, 3.8) is 0 Å². The molecule has 1 saturated heterocycles. The average Bonchev–Trinajstić information content (AvgIpc) is 3.14. The van der Waals surface area contributed by atoms with Gasteiger partial charge >= 0.3 is 0 Å². The first-order valence-electron chi connectivity index (χ1n) is 7.30. The molecule has 2 heterocycles. The van der Waals surface area contributed by atoms with E-state index in [-0.39, 0.29) is 5.91 Å². The predicted octanol–water partition coefficient (Wildman–Crippen LogP) is 1.60. The van der Waals surface area contributed by atoms with E-state index < -0.39 is 0 Å². The van der Waals surface area contributed by atoms with Gasteiger partial charge in [0.05, 0.1) is 5.69 Å². The minimum absolute atomic E-state index is 0.00345. The zero-order valence-corrected chi connectivity index (χ0v) is 12.2. The van der Waals surface area contributed by atoms with Crippen LogP contribution in [0.3, 0.4) is 0 Å². The first-order chi connectivity index (χ1) is 10.2. The Morgan fingerprint density at radius 1 is 1.38 bits per heavy atom. The molecule has 0 spiro atoms. The van der Waals surface area contributed by atoms with Crippen molar-refractivity contribution in [1.29, 1.82) is 0 Å². The minimum Gasteiger partial charge on any atom is -0.337 e. The maximum Gasteiger partial charge on any atom is 0.274 e. The van der Waals surface area contributed by atoms with Crippen LogP contribution in [-0.2, 0) is 0 Å². The highest BCUT2D eigenvalue weighted by Crippen LogP contribution is 2.19. The van der Waals surface area contributed by atoms with Gasteiger partial charge in [-0.1, -0.05) is 18.2 Å². The Morgan fingerprint density at radius 2 is 2.14 bits per heavy atom. The number of amides is 1. The molecule has 21 heavy (non-hydrogen) atoms. The van der Waals surface area contributed by atoms with Crippen LogP contribution in [0.25, 0.3) is 5.69 Å². The average molecular weight is 284 g/mol.